The Kier molecular flexibility index (Phi) is 4.81. The van der Waals surface area contributed by atoms with E-state index in [1.807, 2.05) is 0 Å². The lowest BCUT2D eigenvalue weighted by atomic mass is 10.2. The van der Waals surface area contributed by atoms with Crippen molar-refractivity contribution in [3.8, 4) is 0 Å². The lowest BCUT2D eigenvalue weighted by Gasteiger charge is -2.24. The average Bonchev–Trinajstić information content (AvgIpc) is 2.47. The van der Waals surface area contributed by atoms with Gasteiger partial charge in [0.05, 0.1) is 42.2 Å². The quantitative estimate of drug-likeness (QED) is 0.662. The molecule has 1 atom stereocenters. The smallest absolute Gasteiger partial charge is 0.240 e. The summed E-state index contributed by atoms with van der Waals surface area (Å²) in [7, 11) is -2.12. The van der Waals surface area contributed by atoms with Gasteiger partial charge in [-0.3, -0.25) is 0 Å². The number of rotatable bonds is 5. The van der Waals surface area contributed by atoms with Crippen LogP contribution in [0.4, 0.5) is 11.4 Å². The van der Waals surface area contributed by atoms with Gasteiger partial charge >= 0.3 is 0 Å². The summed E-state index contributed by atoms with van der Waals surface area (Å²) in [5.74, 6) is 0. The van der Waals surface area contributed by atoms with Gasteiger partial charge in [0.1, 0.15) is 0 Å². The van der Waals surface area contributed by atoms with Crippen molar-refractivity contribution in [2.45, 2.75) is 11.0 Å². The van der Waals surface area contributed by atoms with Gasteiger partial charge in [-0.25, -0.2) is 13.1 Å². The summed E-state index contributed by atoms with van der Waals surface area (Å²) in [6.07, 6.45) is -0.0623. The van der Waals surface area contributed by atoms with Crippen LogP contribution in [0.25, 0.3) is 0 Å². The van der Waals surface area contributed by atoms with E-state index in [-0.39, 0.29) is 11.0 Å². The van der Waals surface area contributed by atoms with E-state index in [4.69, 9.17) is 15.2 Å². The van der Waals surface area contributed by atoms with Crippen LogP contribution in [0.1, 0.15) is 0 Å². The number of nitrogen functional groups attached to an aromatic ring is 1. The zero-order valence-electron chi connectivity index (χ0n) is 11.3. The Balaban J connectivity index is 2.08. The van der Waals surface area contributed by atoms with Gasteiger partial charge < -0.3 is 20.5 Å². The molecule has 0 spiro atoms. The van der Waals surface area contributed by atoms with Gasteiger partial charge in [-0.1, -0.05) is 0 Å². The molecule has 1 aliphatic heterocycles. The normalized spacial score (nSPS) is 19.8. The monoisotopic (exact) mass is 301 g/mol. The zero-order valence-corrected chi connectivity index (χ0v) is 12.1. The highest BCUT2D eigenvalue weighted by molar-refractivity contribution is 7.89. The molecule has 0 aromatic heterocycles. The molecular weight excluding hydrogens is 282 g/mol. The minimum atomic E-state index is -3.48. The summed E-state index contributed by atoms with van der Waals surface area (Å²) in [6, 6.07) is 4.53. The Morgan fingerprint density at radius 2 is 2.20 bits per heavy atom. The Labute approximate surface area is 118 Å². The molecule has 0 radical (unpaired) electrons. The van der Waals surface area contributed by atoms with E-state index in [9.17, 15) is 8.42 Å². The molecular formula is C12H19N3O4S. The minimum absolute atomic E-state index is 0.0623. The summed E-state index contributed by atoms with van der Waals surface area (Å²) in [6.45, 7) is 2.19. The first-order chi connectivity index (χ1) is 9.53. The number of hydrogen-bond donors (Lipinski definition) is 3. The number of sulfonamides is 1. The average molecular weight is 301 g/mol. The molecule has 1 heterocycles. The molecule has 1 saturated heterocycles. The molecule has 2 rings (SSSR count). The van der Waals surface area contributed by atoms with Crippen LogP contribution in [0.15, 0.2) is 23.1 Å². The standard InChI is InChI=1S/C12H19N3O4S/c1-14-20(16,17)10-2-3-11(13)12(6-10)15-7-9-8-18-4-5-19-9/h2-3,6,9,14-15H,4-5,7-8,13H2,1H3. The van der Waals surface area contributed by atoms with Crippen LogP contribution in [-0.2, 0) is 19.5 Å². The molecule has 0 amide bonds. The van der Waals surface area contributed by atoms with Gasteiger partial charge in [0.15, 0.2) is 0 Å². The Morgan fingerprint density at radius 1 is 1.40 bits per heavy atom. The highest BCUT2D eigenvalue weighted by atomic mass is 32.2. The van der Waals surface area contributed by atoms with E-state index in [1.54, 1.807) is 6.07 Å². The lowest BCUT2D eigenvalue weighted by Crippen LogP contribution is -2.34. The van der Waals surface area contributed by atoms with Gasteiger partial charge in [0.2, 0.25) is 10.0 Å². The van der Waals surface area contributed by atoms with Gasteiger partial charge in [-0.15, -0.1) is 0 Å². The van der Waals surface area contributed by atoms with Crippen molar-refractivity contribution in [1.82, 2.24) is 4.72 Å². The lowest BCUT2D eigenvalue weighted by molar-refractivity contribution is -0.0818. The van der Waals surface area contributed by atoms with Crippen molar-refractivity contribution >= 4 is 21.4 Å². The van der Waals surface area contributed by atoms with Crippen LogP contribution in [0.3, 0.4) is 0 Å². The number of nitrogens with two attached hydrogens (primary N) is 1. The van der Waals surface area contributed by atoms with E-state index in [0.717, 1.165) is 0 Å². The van der Waals surface area contributed by atoms with Crippen LogP contribution in [0.2, 0.25) is 0 Å². The number of benzene rings is 1. The van der Waals surface area contributed by atoms with Crippen LogP contribution < -0.4 is 15.8 Å². The highest BCUT2D eigenvalue weighted by Crippen LogP contribution is 2.22. The number of ether oxygens (including phenoxy) is 2. The molecule has 20 heavy (non-hydrogen) atoms. The first-order valence-electron chi connectivity index (χ1n) is 6.29. The maximum absolute atomic E-state index is 11.7. The SMILES string of the molecule is CNS(=O)(=O)c1ccc(N)c(NCC2COCCO2)c1. The van der Waals surface area contributed by atoms with Crippen molar-refractivity contribution in [3.63, 3.8) is 0 Å². The predicted molar refractivity (Wildman–Crippen MR) is 76.1 cm³/mol. The third kappa shape index (κ3) is 3.60. The summed E-state index contributed by atoms with van der Waals surface area (Å²) in [4.78, 5) is 0.164. The second kappa shape index (κ2) is 6.40. The Bertz CT molecular complexity index is 556. The first kappa shape index (κ1) is 15.0. The molecule has 1 aromatic rings. The third-order valence-corrected chi connectivity index (χ3v) is 4.42. The molecule has 1 aromatic carbocycles. The molecule has 4 N–H and O–H groups in total. The summed E-state index contributed by atoms with van der Waals surface area (Å²) in [5, 5.41) is 3.10. The van der Waals surface area contributed by atoms with E-state index in [1.165, 1.54) is 19.2 Å². The molecule has 112 valence electrons. The largest absolute Gasteiger partial charge is 0.397 e. The zero-order chi connectivity index (χ0) is 14.6. The van der Waals surface area contributed by atoms with E-state index >= 15 is 0 Å². The van der Waals surface area contributed by atoms with Crippen LogP contribution in [0, 0.1) is 0 Å². The number of hydrogen-bond acceptors (Lipinski definition) is 6. The van der Waals surface area contributed by atoms with Crippen molar-refractivity contribution in [1.29, 1.82) is 0 Å². The van der Waals surface area contributed by atoms with Crippen molar-refractivity contribution in [2.24, 2.45) is 0 Å². The highest BCUT2D eigenvalue weighted by Gasteiger charge is 2.16. The second-order valence-corrected chi connectivity index (χ2v) is 6.29. The van der Waals surface area contributed by atoms with Crippen LogP contribution >= 0.6 is 0 Å². The Morgan fingerprint density at radius 3 is 2.85 bits per heavy atom. The molecule has 0 aliphatic carbocycles. The van der Waals surface area contributed by atoms with Gasteiger partial charge in [-0.05, 0) is 25.2 Å². The van der Waals surface area contributed by atoms with Gasteiger partial charge in [-0.2, -0.15) is 0 Å². The number of anilines is 2. The minimum Gasteiger partial charge on any atom is -0.397 e. The van der Waals surface area contributed by atoms with Gasteiger partial charge in [0.25, 0.3) is 0 Å². The fraction of sp³-hybridized carbons (Fsp3) is 0.500. The molecule has 7 nitrogen and oxygen atoms in total. The summed E-state index contributed by atoms with van der Waals surface area (Å²) >= 11 is 0. The summed E-state index contributed by atoms with van der Waals surface area (Å²) < 4.78 is 36.6. The van der Waals surface area contributed by atoms with E-state index in [2.05, 4.69) is 10.0 Å². The molecule has 0 bridgehead atoms. The fourth-order valence-electron chi connectivity index (χ4n) is 1.85. The summed E-state index contributed by atoms with van der Waals surface area (Å²) in [5.41, 5.74) is 6.89. The van der Waals surface area contributed by atoms with Crippen LogP contribution in [-0.4, -0.2) is 47.9 Å². The third-order valence-electron chi connectivity index (χ3n) is 3.01. The second-order valence-electron chi connectivity index (χ2n) is 4.41. The van der Waals surface area contributed by atoms with Gasteiger partial charge in [0, 0.05) is 6.54 Å². The predicted octanol–water partition coefficient (Wildman–Crippen LogP) is 0.00420. The van der Waals surface area contributed by atoms with Crippen LogP contribution in [0.5, 0.6) is 0 Å². The fourth-order valence-corrected chi connectivity index (χ4v) is 2.61. The van der Waals surface area contributed by atoms with E-state index < -0.39 is 10.0 Å². The van der Waals surface area contributed by atoms with Crippen molar-refractivity contribution in [2.75, 3.05) is 44.5 Å². The van der Waals surface area contributed by atoms with Crippen molar-refractivity contribution in [3.05, 3.63) is 18.2 Å². The molecule has 1 aliphatic rings. The van der Waals surface area contributed by atoms with Crippen molar-refractivity contribution < 1.29 is 17.9 Å². The van der Waals surface area contributed by atoms with E-state index in [0.29, 0.717) is 37.7 Å². The maximum Gasteiger partial charge on any atom is 0.240 e. The maximum atomic E-state index is 11.7. The topological polar surface area (TPSA) is 103 Å². The molecule has 1 fully saturated rings. The first-order valence-corrected chi connectivity index (χ1v) is 7.77. The molecule has 8 heteroatoms. The Hall–Kier alpha value is -1.35. The number of nitrogens with one attached hydrogen (secondary N) is 2. The molecule has 1 unspecified atom stereocenters. The molecule has 0 saturated carbocycles.